The molecule has 1 aliphatic rings. The Bertz CT molecular complexity index is 1320. The number of carbonyl (C=O) groups is 1. The van der Waals surface area contributed by atoms with Gasteiger partial charge in [-0.25, -0.2) is 8.42 Å². The number of nitrogens with one attached hydrogen (secondary N) is 1. The van der Waals surface area contributed by atoms with Crippen LogP contribution in [-0.2, 0) is 14.8 Å². The highest BCUT2D eigenvalue weighted by molar-refractivity contribution is 7.92. The van der Waals surface area contributed by atoms with Crippen LogP contribution in [0.5, 0.6) is 17.2 Å². The first-order valence-corrected chi connectivity index (χ1v) is 12.8. The molecule has 0 aromatic heterocycles. The Labute approximate surface area is 213 Å². The summed E-state index contributed by atoms with van der Waals surface area (Å²) in [6.45, 7) is 0.101. The van der Waals surface area contributed by atoms with Crippen LogP contribution in [0.3, 0.4) is 0 Å². The SMILES string of the molecule is COc1ccc(S(=O)(=O)N2C[C@H](C(=O)NCCOc3ccccc3Cl)Oc3ccc(Cl)cc32)cc1. The van der Waals surface area contributed by atoms with Crippen LogP contribution >= 0.6 is 23.2 Å². The number of benzene rings is 3. The fourth-order valence-corrected chi connectivity index (χ4v) is 5.30. The third-order valence-electron chi connectivity index (χ3n) is 5.23. The van der Waals surface area contributed by atoms with Crippen molar-refractivity contribution in [1.82, 2.24) is 5.32 Å². The van der Waals surface area contributed by atoms with Crippen LogP contribution in [0.4, 0.5) is 5.69 Å². The van der Waals surface area contributed by atoms with Gasteiger partial charge in [-0.15, -0.1) is 0 Å². The maximum absolute atomic E-state index is 13.5. The van der Waals surface area contributed by atoms with E-state index in [0.29, 0.717) is 21.5 Å². The van der Waals surface area contributed by atoms with Crippen molar-refractivity contribution in [2.24, 2.45) is 0 Å². The molecule has 8 nitrogen and oxygen atoms in total. The number of methoxy groups -OCH3 is 1. The smallest absolute Gasteiger partial charge is 0.264 e. The number of hydrogen-bond acceptors (Lipinski definition) is 6. The van der Waals surface area contributed by atoms with Crippen molar-refractivity contribution in [3.05, 3.63) is 76.8 Å². The molecule has 0 bridgehead atoms. The number of rotatable bonds is 8. The first kappa shape index (κ1) is 25.0. The molecule has 0 fully saturated rings. The van der Waals surface area contributed by atoms with E-state index in [-0.39, 0.29) is 36.0 Å². The molecule has 0 unspecified atom stereocenters. The second kappa shape index (κ2) is 10.6. The lowest BCUT2D eigenvalue weighted by Crippen LogP contribution is -2.51. The maximum atomic E-state index is 13.5. The predicted molar refractivity (Wildman–Crippen MR) is 133 cm³/mol. The molecule has 4 rings (SSSR count). The Morgan fingerprint density at radius 1 is 1.11 bits per heavy atom. The van der Waals surface area contributed by atoms with E-state index in [4.69, 9.17) is 37.4 Å². The van der Waals surface area contributed by atoms with E-state index in [1.807, 2.05) is 0 Å². The summed E-state index contributed by atoms with van der Waals surface area (Å²) in [5.41, 5.74) is 0.249. The molecule has 0 saturated heterocycles. The first-order chi connectivity index (χ1) is 16.8. The number of nitrogens with zero attached hydrogens (tertiary/aromatic N) is 1. The van der Waals surface area contributed by atoms with E-state index in [1.54, 1.807) is 42.5 Å². The molecular weight excluding hydrogens is 515 g/mol. The van der Waals surface area contributed by atoms with Gasteiger partial charge in [-0.05, 0) is 54.6 Å². The van der Waals surface area contributed by atoms with Gasteiger partial charge >= 0.3 is 0 Å². The third-order valence-corrected chi connectivity index (χ3v) is 7.57. The van der Waals surface area contributed by atoms with Crippen LogP contribution in [0.1, 0.15) is 0 Å². The van der Waals surface area contributed by atoms with Crippen molar-refractivity contribution in [1.29, 1.82) is 0 Å². The minimum atomic E-state index is -4.03. The van der Waals surface area contributed by atoms with Gasteiger partial charge in [0.2, 0.25) is 0 Å². The minimum absolute atomic E-state index is 0.0402. The number of anilines is 1. The normalized spacial score (nSPS) is 15.1. The number of carbonyl (C=O) groups excluding carboxylic acids is 1. The Hall–Kier alpha value is -3.14. The second-order valence-electron chi connectivity index (χ2n) is 7.50. The lowest BCUT2D eigenvalue weighted by Gasteiger charge is -2.34. The molecule has 0 aliphatic carbocycles. The molecule has 0 spiro atoms. The van der Waals surface area contributed by atoms with Crippen molar-refractivity contribution >= 4 is 44.8 Å². The first-order valence-electron chi connectivity index (χ1n) is 10.6. The Balaban J connectivity index is 1.50. The van der Waals surface area contributed by atoms with E-state index in [0.717, 1.165) is 4.31 Å². The number of fused-ring (bicyclic) bond motifs is 1. The number of halogens is 2. The molecule has 1 aliphatic heterocycles. The van der Waals surface area contributed by atoms with Crippen molar-refractivity contribution in [2.75, 3.05) is 31.1 Å². The third kappa shape index (κ3) is 5.58. The number of para-hydroxylation sites is 1. The number of ether oxygens (including phenoxy) is 3. The van der Waals surface area contributed by atoms with E-state index in [1.165, 1.54) is 31.4 Å². The van der Waals surface area contributed by atoms with E-state index in [2.05, 4.69) is 5.32 Å². The minimum Gasteiger partial charge on any atom is -0.497 e. The van der Waals surface area contributed by atoms with Crippen molar-refractivity contribution < 1.29 is 27.4 Å². The lowest BCUT2D eigenvalue weighted by molar-refractivity contribution is -0.127. The summed E-state index contributed by atoms with van der Waals surface area (Å²) < 4.78 is 44.6. The topological polar surface area (TPSA) is 94.2 Å². The zero-order valence-corrected chi connectivity index (χ0v) is 20.9. The molecule has 35 heavy (non-hydrogen) atoms. The predicted octanol–water partition coefficient (Wildman–Crippen LogP) is 4.15. The van der Waals surface area contributed by atoms with Gasteiger partial charge in [-0.1, -0.05) is 35.3 Å². The zero-order valence-electron chi connectivity index (χ0n) is 18.6. The summed E-state index contributed by atoms with van der Waals surface area (Å²) in [4.78, 5) is 12.9. The molecule has 184 valence electrons. The van der Waals surface area contributed by atoms with Crippen LogP contribution in [0.15, 0.2) is 71.6 Å². The van der Waals surface area contributed by atoms with Gasteiger partial charge in [0.15, 0.2) is 6.10 Å². The summed E-state index contributed by atoms with van der Waals surface area (Å²) in [5.74, 6) is 0.763. The molecule has 3 aromatic rings. The van der Waals surface area contributed by atoms with Crippen LogP contribution in [-0.4, -0.2) is 47.2 Å². The Morgan fingerprint density at radius 3 is 2.57 bits per heavy atom. The maximum Gasteiger partial charge on any atom is 0.264 e. The fraction of sp³-hybridized carbons (Fsp3) is 0.208. The molecule has 3 aromatic carbocycles. The molecule has 1 N–H and O–H groups in total. The highest BCUT2D eigenvalue weighted by atomic mass is 35.5. The Morgan fingerprint density at radius 2 is 1.86 bits per heavy atom. The van der Waals surface area contributed by atoms with E-state index < -0.39 is 22.0 Å². The molecule has 1 amide bonds. The molecule has 0 saturated carbocycles. The summed E-state index contributed by atoms with van der Waals surface area (Å²) in [7, 11) is -2.54. The zero-order chi connectivity index (χ0) is 25.0. The van der Waals surface area contributed by atoms with Crippen molar-refractivity contribution in [3.63, 3.8) is 0 Å². The summed E-state index contributed by atoms with van der Waals surface area (Å²) >= 11 is 12.2. The van der Waals surface area contributed by atoms with Crippen LogP contribution in [0.25, 0.3) is 0 Å². The van der Waals surface area contributed by atoms with Gasteiger partial charge in [0, 0.05) is 5.02 Å². The Kier molecular flexibility index (Phi) is 7.59. The van der Waals surface area contributed by atoms with Gasteiger partial charge in [-0.3, -0.25) is 9.10 Å². The standard InChI is InChI=1S/C24H22Cl2N2O6S/c1-32-17-7-9-18(10-8-17)35(30,31)28-15-23(34-22-11-6-16(25)14-20(22)28)24(29)27-12-13-33-21-5-3-2-4-19(21)26/h2-11,14,23H,12-13,15H2,1H3,(H,27,29)/t23-/m1/s1. The number of sulfonamides is 1. The molecule has 1 atom stereocenters. The van der Waals surface area contributed by atoms with Crippen molar-refractivity contribution in [2.45, 2.75) is 11.0 Å². The van der Waals surface area contributed by atoms with Gasteiger partial charge in [0.05, 0.1) is 35.8 Å². The van der Waals surface area contributed by atoms with Gasteiger partial charge < -0.3 is 19.5 Å². The van der Waals surface area contributed by atoms with Crippen molar-refractivity contribution in [3.8, 4) is 17.2 Å². The average molecular weight is 537 g/mol. The van der Waals surface area contributed by atoms with E-state index in [9.17, 15) is 13.2 Å². The fourth-order valence-electron chi connectivity index (χ4n) is 3.47. The quantitative estimate of drug-likeness (QED) is 0.434. The molecule has 1 heterocycles. The highest BCUT2D eigenvalue weighted by Gasteiger charge is 2.37. The van der Waals surface area contributed by atoms with Gasteiger partial charge in [0.1, 0.15) is 23.9 Å². The summed E-state index contributed by atoms with van der Waals surface area (Å²) in [5, 5.41) is 3.51. The highest BCUT2D eigenvalue weighted by Crippen LogP contribution is 2.39. The average Bonchev–Trinajstić information content (AvgIpc) is 2.86. The van der Waals surface area contributed by atoms with Gasteiger partial charge in [-0.2, -0.15) is 0 Å². The molecule has 11 heteroatoms. The summed E-state index contributed by atoms with van der Waals surface area (Å²) in [6, 6.07) is 17.6. The van der Waals surface area contributed by atoms with Crippen LogP contribution < -0.4 is 23.8 Å². The lowest BCUT2D eigenvalue weighted by atomic mass is 10.2. The van der Waals surface area contributed by atoms with Crippen LogP contribution in [0.2, 0.25) is 10.0 Å². The van der Waals surface area contributed by atoms with Gasteiger partial charge in [0.25, 0.3) is 15.9 Å². The second-order valence-corrected chi connectivity index (χ2v) is 10.2. The summed E-state index contributed by atoms with van der Waals surface area (Å²) in [6.07, 6.45) is -1.09. The number of hydrogen-bond donors (Lipinski definition) is 1. The largest absolute Gasteiger partial charge is 0.497 e. The number of amides is 1. The molecular formula is C24H22Cl2N2O6S. The molecule has 0 radical (unpaired) electrons. The van der Waals surface area contributed by atoms with E-state index >= 15 is 0 Å². The monoisotopic (exact) mass is 536 g/mol. The van der Waals surface area contributed by atoms with Crippen LogP contribution in [0, 0.1) is 0 Å².